The summed E-state index contributed by atoms with van der Waals surface area (Å²) in [7, 11) is 0. The number of nitrogens with zero attached hydrogens (tertiary/aromatic N) is 6. The fraction of sp³-hybridized carbons (Fsp3) is 0.300. The predicted molar refractivity (Wildman–Crippen MR) is 108 cm³/mol. The average Bonchev–Trinajstić information content (AvgIpc) is 3.22. The van der Waals surface area contributed by atoms with E-state index in [1.54, 1.807) is 9.58 Å². The molecule has 0 spiro atoms. The minimum absolute atomic E-state index is 0.278. The van der Waals surface area contributed by atoms with Crippen molar-refractivity contribution in [3.63, 3.8) is 0 Å². The Hall–Kier alpha value is -2.97. The molecule has 0 atom stereocenters. The number of hydrogen-bond acceptors (Lipinski definition) is 6. The lowest BCUT2D eigenvalue weighted by atomic mass is 10.2. The number of halogens is 1. The Morgan fingerprint density at radius 3 is 2.45 bits per heavy atom. The minimum atomic E-state index is -0.278. The molecule has 9 heteroatoms. The van der Waals surface area contributed by atoms with Crippen molar-refractivity contribution in [2.24, 2.45) is 0 Å². The normalized spacial score (nSPS) is 14.7. The lowest BCUT2D eigenvalue weighted by Gasteiger charge is -2.33. The maximum absolute atomic E-state index is 12.3. The highest BCUT2D eigenvalue weighted by Crippen LogP contribution is 2.15. The second kappa shape index (κ2) is 9.02. The maximum atomic E-state index is 12.3. The molecule has 1 fully saturated rings. The van der Waals surface area contributed by atoms with E-state index in [1.807, 2.05) is 54.6 Å². The van der Waals surface area contributed by atoms with Crippen LogP contribution in [-0.2, 0) is 17.9 Å². The summed E-state index contributed by atoms with van der Waals surface area (Å²) >= 11 is 5.95. The van der Waals surface area contributed by atoms with Gasteiger partial charge in [0.25, 0.3) is 0 Å². The quantitative estimate of drug-likeness (QED) is 0.641. The zero-order chi connectivity index (χ0) is 20.1. The molecule has 0 N–H and O–H groups in total. The molecule has 1 saturated heterocycles. The summed E-state index contributed by atoms with van der Waals surface area (Å²) in [6.45, 7) is 3.56. The molecular weight excluding hydrogens is 392 g/mol. The molecule has 3 aromatic rings. The topological polar surface area (TPSA) is 76.4 Å². The molecule has 4 rings (SSSR count). The van der Waals surface area contributed by atoms with Gasteiger partial charge in [0.15, 0.2) is 5.82 Å². The maximum Gasteiger partial charge on any atom is 0.410 e. The number of aromatic nitrogens is 4. The third kappa shape index (κ3) is 4.90. The summed E-state index contributed by atoms with van der Waals surface area (Å²) in [6, 6.07) is 17.1. The van der Waals surface area contributed by atoms with Crippen molar-refractivity contribution in [2.45, 2.75) is 13.2 Å². The summed E-state index contributed by atoms with van der Waals surface area (Å²) in [5, 5.41) is 12.7. The van der Waals surface area contributed by atoms with Crippen LogP contribution >= 0.6 is 11.6 Å². The lowest BCUT2D eigenvalue weighted by Crippen LogP contribution is -2.48. The van der Waals surface area contributed by atoms with Crippen LogP contribution in [0.1, 0.15) is 11.4 Å². The molecule has 8 nitrogen and oxygen atoms in total. The largest absolute Gasteiger partial charge is 0.445 e. The standard InChI is InChI=1S/C20H21ClN6O2/c21-17-6-8-18(9-7-17)27-19(22-23-24-27)14-25-10-12-26(13-11-25)20(28)29-15-16-4-2-1-3-5-16/h1-9H,10-15H2. The Labute approximate surface area is 173 Å². The first-order valence-electron chi connectivity index (χ1n) is 9.40. The van der Waals surface area contributed by atoms with E-state index in [-0.39, 0.29) is 12.7 Å². The first-order chi connectivity index (χ1) is 14.2. The summed E-state index contributed by atoms with van der Waals surface area (Å²) < 4.78 is 7.12. The molecule has 2 heterocycles. The van der Waals surface area contributed by atoms with Crippen molar-refractivity contribution in [3.8, 4) is 5.69 Å². The molecule has 0 unspecified atom stereocenters. The van der Waals surface area contributed by atoms with E-state index in [2.05, 4.69) is 20.4 Å². The molecule has 1 aliphatic rings. The van der Waals surface area contributed by atoms with Gasteiger partial charge in [-0.1, -0.05) is 41.9 Å². The van der Waals surface area contributed by atoms with E-state index < -0.39 is 0 Å². The molecule has 29 heavy (non-hydrogen) atoms. The highest BCUT2D eigenvalue weighted by Gasteiger charge is 2.23. The second-order valence-corrected chi connectivity index (χ2v) is 7.22. The highest BCUT2D eigenvalue weighted by molar-refractivity contribution is 6.30. The number of benzene rings is 2. The summed E-state index contributed by atoms with van der Waals surface area (Å²) in [6.07, 6.45) is -0.278. The smallest absolute Gasteiger partial charge is 0.410 e. The van der Waals surface area contributed by atoms with E-state index in [0.29, 0.717) is 24.7 Å². The van der Waals surface area contributed by atoms with Crippen molar-refractivity contribution in [2.75, 3.05) is 26.2 Å². The van der Waals surface area contributed by atoms with E-state index >= 15 is 0 Å². The van der Waals surface area contributed by atoms with Crippen LogP contribution in [0, 0.1) is 0 Å². The molecule has 1 amide bonds. The van der Waals surface area contributed by atoms with Crippen LogP contribution in [-0.4, -0.2) is 62.3 Å². The molecule has 0 aliphatic carbocycles. The molecule has 150 valence electrons. The van der Waals surface area contributed by atoms with E-state index in [9.17, 15) is 4.79 Å². The molecule has 0 radical (unpaired) electrons. The van der Waals surface area contributed by atoms with Crippen molar-refractivity contribution < 1.29 is 9.53 Å². The van der Waals surface area contributed by atoms with Crippen molar-refractivity contribution >= 4 is 17.7 Å². The first kappa shape index (κ1) is 19.4. The van der Waals surface area contributed by atoms with Crippen LogP contribution in [0.3, 0.4) is 0 Å². The van der Waals surface area contributed by atoms with Gasteiger partial charge in [0.1, 0.15) is 6.61 Å². The SMILES string of the molecule is O=C(OCc1ccccc1)N1CCN(Cc2nnnn2-c2ccc(Cl)cc2)CC1. The van der Waals surface area contributed by atoms with Crippen LogP contribution in [0.5, 0.6) is 0 Å². The Morgan fingerprint density at radius 2 is 1.72 bits per heavy atom. The number of tetrazole rings is 1. The van der Waals surface area contributed by atoms with E-state index in [4.69, 9.17) is 16.3 Å². The summed E-state index contributed by atoms with van der Waals surface area (Å²) in [4.78, 5) is 16.3. The van der Waals surface area contributed by atoms with Gasteiger partial charge in [0.05, 0.1) is 12.2 Å². The van der Waals surface area contributed by atoms with Gasteiger partial charge in [0, 0.05) is 31.2 Å². The minimum Gasteiger partial charge on any atom is -0.445 e. The number of amides is 1. The van der Waals surface area contributed by atoms with Crippen LogP contribution in [0.15, 0.2) is 54.6 Å². The zero-order valence-electron chi connectivity index (χ0n) is 15.8. The fourth-order valence-corrected chi connectivity index (χ4v) is 3.31. The van der Waals surface area contributed by atoms with Crippen molar-refractivity contribution in [1.29, 1.82) is 0 Å². The van der Waals surface area contributed by atoms with E-state index in [1.165, 1.54) is 0 Å². The predicted octanol–water partition coefficient (Wildman–Crippen LogP) is 2.77. The summed E-state index contributed by atoms with van der Waals surface area (Å²) in [5.41, 5.74) is 1.84. The van der Waals surface area contributed by atoms with Crippen molar-refractivity contribution in [1.82, 2.24) is 30.0 Å². The van der Waals surface area contributed by atoms with Crippen LogP contribution < -0.4 is 0 Å². The Kier molecular flexibility index (Phi) is 6.02. The molecule has 1 aliphatic heterocycles. The number of carbonyl (C=O) groups is 1. The first-order valence-corrected chi connectivity index (χ1v) is 9.78. The molecular formula is C20H21ClN6O2. The molecule has 0 saturated carbocycles. The van der Waals surface area contributed by atoms with Gasteiger partial charge < -0.3 is 9.64 Å². The van der Waals surface area contributed by atoms with Gasteiger partial charge in [-0.05, 0) is 40.3 Å². The highest BCUT2D eigenvalue weighted by atomic mass is 35.5. The Morgan fingerprint density at radius 1 is 1.00 bits per heavy atom. The third-order valence-electron chi connectivity index (χ3n) is 4.81. The average molecular weight is 413 g/mol. The van der Waals surface area contributed by atoms with Crippen LogP contribution in [0.4, 0.5) is 4.79 Å². The molecule has 2 aromatic carbocycles. The zero-order valence-corrected chi connectivity index (χ0v) is 16.6. The third-order valence-corrected chi connectivity index (χ3v) is 5.06. The monoisotopic (exact) mass is 412 g/mol. The number of hydrogen-bond donors (Lipinski definition) is 0. The van der Waals surface area contributed by atoms with E-state index in [0.717, 1.165) is 30.2 Å². The number of carbonyl (C=O) groups excluding carboxylic acids is 1. The Balaban J connectivity index is 1.29. The molecule has 1 aromatic heterocycles. The van der Waals surface area contributed by atoms with Gasteiger partial charge in [-0.2, -0.15) is 4.68 Å². The number of rotatable bonds is 5. The second-order valence-electron chi connectivity index (χ2n) is 6.79. The lowest BCUT2D eigenvalue weighted by molar-refractivity contribution is 0.0693. The van der Waals surface area contributed by atoms with Gasteiger partial charge in [0.2, 0.25) is 0 Å². The number of piperazine rings is 1. The molecule has 0 bridgehead atoms. The summed E-state index contributed by atoms with van der Waals surface area (Å²) in [5.74, 6) is 0.743. The van der Waals surface area contributed by atoms with Gasteiger partial charge >= 0.3 is 6.09 Å². The van der Waals surface area contributed by atoms with Gasteiger partial charge in [-0.3, -0.25) is 4.90 Å². The number of ether oxygens (including phenoxy) is 1. The van der Waals surface area contributed by atoms with Crippen LogP contribution in [0.2, 0.25) is 5.02 Å². The van der Waals surface area contributed by atoms with Crippen molar-refractivity contribution in [3.05, 3.63) is 71.0 Å². The van der Waals surface area contributed by atoms with Crippen LogP contribution in [0.25, 0.3) is 5.69 Å². The Bertz CT molecular complexity index is 939. The van der Waals surface area contributed by atoms with Gasteiger partial charge in [-0.25, -0.2) is 4.79 Å². The van der Waals surface area contributed by atoms with Gasteiger partial charge in [-0.15, -0.1) is 5.10 Å². The fourth-order valence-electron chi connectivity index (χ4n) is 3.19.